The van der Waals surface area contributed by atoms with Crippen molar-refractivity contribution in [1.82, 2.24) is 4.57 Å². The summed E-state index contributed by atoms with van der Waals surface area (Å²) in [7, 11) is 0. The fourth-order valence-electron chi connectivity index (χ4n) is 4.80. The first-order valence-corrected chi connectivity index (χ1v) is 15.4. The molecule has 0 saturated heterocycles. The van der Waals surface area contributed by atoms with Crippen molar-refractivity contribution in [2.45, 2.75) is 40.3 Å². The van der Waals surface area contributed by atoms with Crippen LogP contribution in [0.2, 0.25) is 10.0 Å². The number of esters is 1. The van der Waals surface area contributed by atoms with Crippen molar-refractivity contribution in [3.05, 3.63) is 124 Å². The molecule has 0 amide bonds. The van der Waals surface area contributed by atoms with Crippen LogP contribution < -0.4 is 24.4 Å². The summed E-state index contributed by atoms with van der Waals surface area (Å²) in [5, 5.41) is 0.936. The van der Waals surface area contributed by atoms with Crippen LogP contribution in [0.15, 0.2) is 81.7 Å². The second-order valence-corrected chi connectivity index (χ2v) is 11.7. The monoisotopic (exact) mass is 636 g/mol. The highest BCUT2D eigenvalue weighted by Gasteiger charge is 2.33. The first-order valence-electron chi connectivity index (χ1n) is 13.8. The zero-order valence-electron chi connectivity index (χ0n) is 24.1. The molecular formula is C33H30Cl2N2O5S. The molecule has 4 aromatic rings. The molecule has 0 spiro atoms. The molecule has 43 heavy (non-hydrogen) atoms. The normalized spacial score (nSPS) is 14.7. The standard InChI is InChI=1S/C33H30Cl2N2O5S/c1-5-40-27-16-21(10-14-26(27)42-18-22-9-13-24(34)25(35)15-22)17-28-31(38)37-30(23-11-7-19(3)8-12-23)29(32(39)41-6-2)20(4)36-33(37)43-28/h7-17,30H,5-6,18H2,1-4H3/b28-17+/t30-/m1/s1. The number of aryl methyl sites for hydroxylation is 1. The van der Waals surface area contributed by atoms with Crippen LogP contribution in [0.25, 0.3) is 6.08 Å². The van der Waals surface area contributed by atoms with Gasteiger partial charge in [0.05, 0.1) is 45.1 Å². The third-order valence-electron chi connectivity index (χ3n) is 6.85. The molecule has 1 aliphatic heterocycles. The Bertz CT molecular complexity index is 1890. The number of thiazole rings is 1. The molecule has 1 atom stereocenters. The molecule has 1 aromatic heterocycles. The minimum atomic E-state index is -0.658. The lowest BCUT2D eigenvalue weighted by Gasteiger charge is -2.24. The van der Waals surface area contributed by atoms with Gasteiger partial charge in [-0.3, -0.25) is 9.36 Å². The van der Waals surface area contributed by atoms with E-state index in [9.17, 15) is 9.59 Å². The topological polar surface area (TPSA) is 79.1 Å². The van der Waals surface area contributed by atoms with Gasteiger partial charge in [0.25, 0.3) is 5.56 Å². The third-order valence-corrected chi connectivity index (χ3v) is 8.58. The first-order chi connectivity index (χ1) is 20.7. The van der Waals surface area contributed by atoms with Crippen LogP contribution in [0, 0.1) is 6.92 Å². The maximum absolute atomic E-state index is 13.9. The lowest BCUT2D eigenvalue weighted by atomic mass is 9.95. The quantitative estimate of drug-likeness (QED) is 0.199. The summed E-state index contributed by atoms with van der Waals surface area (Å²) in [5.74, 6) is 0.615. The smallest absolute Gasteiger partial charge is 0.338 e. The summed E-state index contributed by atoms with van der Waals surface area (Å²) in [6.45, 7) is 8.33. The van der Waals surface area contributed by atoms with E-state index in [1.807, 2.05) is 62.4 Å². The van der Waals surface area contributed by atoms with Crippen LogP contribution in [0.1, 0.15) is 49.1 Å². The molecule has 0 N–H and O–H groups in total. The van der Waals surface area contributed by atoms with E-state index in [0.717, 1.165) is 22.3 Å². The summed E-state index contributed by atoms with van der Waals surface area (Å²) >= 11 is 13.4. The number of hydrogen-bond donors (Lipinski definition) is 0. The van der Waals surface area contributed by atoms with E-state index in [2.05, 4.69) is 4.99 Å². The van der Waals surface area contributed by atoms with E-state index in [4.69, 9.17) is 37.4 Å². The molecule has 0 unspecified atom stereocenters. The van der Waals surface area contributed by atoms with Gasteiger partial charge in [0.2, 0.25) is 0 Å². The molecule has 2 heterocycles. The Morgan fingerprint density at radius 1 is 0.953 bits per heavy atom. The molecule has 0 radical (unpaired) electrons. The maximum atomic E-state index is 13.9. The second-order valence-electron chi connectivity index (χ2n) is 9.89. The number of fused-ring (bicyclic) bond motifs is 1. The van der Waals surface area contributed by atoms with Crippen LogP contribution in [0.3, 0.4) is 0 Å². The molecule has 5 rings (SSSR count). The SMILES string of the molecule is CCOC(=O)C1=C(C)N=c2s/c(=C/c3ccc(OCc4ccc(Cl)c(Cl)c4)c(OCC)c3)c(=O)n2[C@@H]1c1ccc(C)cc1. The predicted octanol–water partition coefficient (Wildman–Crippen LogP) is 6.39. The summed E-state index contributed by atoms with van der Waals surface area (Å²) in [4.78, 5) is 32.2. The number of benzene rings is 3. The molecule has 3 aromatic carbocycles. The van der Waals surface area contributed by atoms with E-state index in [-0.39, 0.29) is 18.8 Å². The molecule has 7 nitrogen and oxygen atoms in total. The highest BCUT2D eigenvalue weighted by Crippen LogP contribution is 2.32. The van der Waals surface area contributed by atoms with Crippen LogP contribution >= 0.6 is 34.5 Å². The minimum Gasteiger partial charge on any atom is -0.490 e. The van der Waals surface area contributed by atoms with Gasteiger partial charge in [-0.25, -0.2) is 9.79 Å². The minimum absolute atomic E-state index is 0.218. The van der Waals surface area contributed by atoms with Crippen LogP contribution in [-0.4, -0.2) is 23.8 Å². The van der Waals surface area contributed by atoms with E-state index in [1.165, 1.54) is 11.3 Å². The number of hydrogen-bond acceptors (Lipinski definition) is 7. The molecule has 1 aliphatic rings. The zero-order valence-corrected chi connectivity index (χ0v) is 26.5. The Labute approximate surface area is 263 Å². The number of halogens is 2. The largest absolute Gasteiger partial charge is 0.490 e. The number of aromatic nitrogens is 1. The molecule has 0 bridgehead atoms. The van der Waals surface area contributed by atoms with Crippen LogP contribution in [0.4, 0.5) is 0 Å². The molecule has 0 fully saturated rings. The zero-order chi connectivity index (χ0) is 30.7. The van der Waals surface area contributed by atoms with E-state index < -0.39 is 12.0 Å². The average molecular weight is 638 g/mol. The fraction of sp³-hybridized carbons (Fsp3) is 0.242. The molecule has 10 heteroatoms. The van der Waals surface area contributed by atoms with Gasteiger partial charge in [0.15, 0.2) is 16.3 Å². The second kappa shape index (κ2) is 13.2. The van der Waals surface area contributed by atoms with E-state index in [0.29, 0.717) is 48.8 Å². The van der Waals surface area contributed by atoms with Crippen molar-refractivity contribution in [1.29, 1.82) is 0 Å². The number of ether oxygens (including phenoxy) is 3. The molecule has 222 valence electrons. The summed E-state index contributed by atoms with van der Waals surface area (Å²) in [6, 6.07) is 18.0. The fourth-order valence-corrected chi connectivity index (χ4v) is 6.17. The third kappa shape index (κ3) is 6.56. The van der Waals surface area contributed by atoms with E-state index >= 15 is 0 Å². The van der Waals surface area contributed by atoms with Gasteiger partial charge in [0, 0.05) is 0 Å². The average Bonchev–Trinajstić information content (AvgIpc) is 3.28. The number of nitrogens with zero attached hydrogens (tertiary/aromatic N) is 2. The van der Waals surface area contributed by atoms with Gasteiger partial charge in [-0.1, -0.05) is 76.5 Å². The molecule has 0 saturated carbocycles. The van der Waals surface area contributed by atoms with Crippen molar-refractivity contribution in [2.75, 3.05) is 13.2 Å². The number of allylic oxidation sites excluding steroid dienone is 1. The molecule has 0 aliphatic carbocycles. The highest BCUT2D eigenvalue weighted by molar-refractivity contribution is 7.07. The Hall–Kier alpha value is -3.85. The summed E-state index contributed by atoms with van der Waals surface area (Å²) in [5.41, 5.74) is 4.13. The van der Waals surface area contributed by atoms with Gasteiger partial charge in [-0.2, -0.15) is 0 Å². The van der Waals surface area contributed by atoms with Crippen molar-refractivity contribution in [2.24, 2.45) is 4.99 Å². The van der Waals surface area contributed by atoms with Crippen molar-refractivity contribution in [3.63, 3.8) is 0 Å². The van der Waals surface area contributed by atoms with Crippen molar-refractivity contribution < 1.29 is 19.0 Å². The Morgan fingerprint density at radius 2 is 1.72 bits per heavy atom. The van der Waals surface area contributed by atoms with Gasteiger partial charge in [0.1, 0.15) is 6.61 Å². The molecular weight excluding hydrogens is 607 g/mol. The highest BCUT2D eigenvalue weighted by atomic mass is 35.5. The lowest BCUT2D eigenvalue weighted by molar-refractivity contribution is -0.139. The lowest BCUT2D eigenvalue weighted by Crippen LogP contribution is -2.39. The Kier molecular flexibility index (Phi) is 9.40. The van der Waals surface area contributed by atoms with Gasteiger partial charge >= 0.3 is 5.97 Å². The van der Waals surface area contributed by atoms with Crippen LogP contribution in [-0.2, 0) is 16.1 Å². The number of carbonyl (C=O) groups is 1. The Balaban J connectivity index is 1.54. The van der Waals surface area contributed by atoms with Crippen LogP contribution in [0.5, 0.6) is 11.5 Å². The van der Waals surface area contributed by atoms with Gasteiger partial charge in [-0.15, -0.1) is 0 Å². The Morgan fingerprint density at radius 3 is 2.42 bits per heavy atom. The summed E-state index contributed by atoms with van der Waals surface area (Å²) < 4.78 is 19.3. The van der Waals surface area contributed by atoms with E-state index in [1.54, 1.807) is 36.6 Å². The van der Waals surface area contributed by atoms with Gasteiger partial charge in [-0.05, 0) is 74.7 Å². The first kappa shape index (κ1) is 30.6. The summed E-state index contributed by atoms with van der Waals surface area (Å²) in [6.07, 6.45) is 1.80. The maximum Gasteiger partial charge on any atom is 0.338 e. The number of rotatable bonds is 9. The number of carbonyl (C=O) groups excluding carboxylic acids is 1. The predicted molar refractivity (Wildman–Crippen MR) is 170 cm³/mol. The van der Waals surface area contributed by atoms with Crippen molar-refractivity contribution in [3.8, 4) is 11.5 Å². The van der Waals surface area contributed by atoms with Crippen molar-refractivity contribution >= 4 is 46.6 Å². The van der Waals surface area contributed by atoms with Gasteiger partial charge < -0.3 is 14.2 Å².